The predicted octanol–water partition coefficient (Wildman–Crippen LogP) is 0.930. The van der Waals surface area contributed by atoms with E-state index in [0.29, 0.717) is 12.4 Å². The number of carbonyl (C=O) groups excluding carboxylic acids is 3. The fourth-order valence-electron chi connectivity index (χ4n) is 1.72. The van der Waals surface area contributed by atoms with E-state index in [1.54, 1.807) is 6.07 Å². The minimum Gasteiger partial charge on any atom is -0.507 e. The van der Waals surface area contributed by atoms with Gasteiger partial charge in [-0.2, -0.15) is 0 Å². The minimum atomic E-state index is -0.866. The summed E-state index contributed by atoms with van der Waals surface area (Å²) in [5, 5.41) is 13.8. The van der Waals surface area contributed by atoms with Crippen molar-refractivity contribution in [3.05, 3.63) is 29.3 Å². The molecule has 0 unspecified atom stereocenters. The molecule has 0 bridgehead atoms. The van der Waals surface area contributed by atoms with Crippen molar-refractivity contribution < 1.29 is 24.2 Å². The van der Waals surface area contributed by atoms with Gasteiger partial charge in [0.1, 0.15) is 17.1 Å². The molecule has 2 rings (SSSR count). The van der Waals surface area contributed by atoms with Gasteiger partial charge in [0.15, 0.2) is 0 Å². The maximum Gasteiger partial charge on any atom is 0.328 e. The highest BCUT2D eigenvalue weighted by molar-refractivity contribution is 6.31. The van der Waals surface area contributed by atoms with Crippen LogP contribution in [0.5, 0.6) is 11.5 Å². The zero-order valence-corrected chi connectivity index (χ0v) is 11.3. The summed E-state index contributed by atoms with van der Waals surface area (Å²) < 4.78 is 5.35. The van der Waals surface area contributed by atoms with E-state index in [2.05, 4.69) is 0 Å². The first-order valence-corrected chi connectivity index (χ1v) is 6.35. The first-order valence-electron chi connectivity index (χ1n) is 6.35. The van der Waals surface area contributed by atoms with Gasteiger partial charge in [0.25, 0.3) is 11.8 Å². The summed E-state index contributed by atoms with van der Waals surface area (Å²) in [6.07, 6.45) is 2.04. The number of rotatable bonds is 4. The van der Waals surface area contributed by atoms with Crippen LogP contribution in [0.4, 0.5) is 4.79 Å². The second-order valence-corrected chi connectivity index (χ2v) is 4.36. The standard InChI is InChI=1S/C14H14N2O5/c1-2-5-21-9-4-3-8(11(17)7-9)6-10-12(18)15-14(20)16-13(10)19/h3-4,6-7,17H,2,5H2,1H3,(H2,15,16,18,19,20). The molecule has 0 saturated carbocycles. The number of benzene rings is 1. The Balaban J connectivity index is 2.26. The van der Waals surface area contributed by atoms with E-state index in [9.17, 15) is 19.5 Å². The molecule has 1 aromatic rings. The summed E-state index contributed by atoms with van der Waals surface area (Å²) in [4.78, 5) is 34.1. The molecule has 110 valence electrons. The summed E-state index contributed by atoms with van der Waals surface area (Å²) in [7, 11) is 0. The van der Waals surface area contributed by atoms with Crippen molar-refractivity contribution in [2.24, 2.45) is 0 Å². The maximum atomic E-state index is 11.6. The van der Waals surface area contributed by atoms with Crippen molar-refractivity contribution in [3.63, 3.8) is 0 Å². The normalized spacial score (nSPS) is 14.5. The van der Waals surface area contributed by atoms with Crippen LogP contribution in [0.25, 0.3) is 6.08 Å². The first-order chi connectivity index (χ1) is 10.0. The molecule has 0 spiro atoms. The van der Waals surface area contributed by atoms with Gasteiger partial charge in [-0.25, -0.2) is 4.79 Å². The van der Waals surface area contributed by atoms with Crippen molar-refractivity contribution in [2.45, 2.75) is 13.3 Å². The SMILES string of the molecule is CCCOc1ccc(C=C2C(=O)NC(=O)NC2=O)c(O)c1. The lowest BCUT2D eigenvalue weighted by Gasteiger charge is -2.14. The molecule has 1 saturated heterocycles. The van der Waals surface area contributed by atoms with Gasteiger partial charge in [-0.1, -0.05) is 6.92 Å². The number of imide groups is 2. The number of aromatic hydroxyl groups is 1. The van der Waals surface area contributed by atoms with E-state index in [-0.39, 0.29) is 16.9 Å². The van der Waals surface area contributed by atoms with Gasteiger partial charge in [-0.15, -0.1) is 0 Å². The molecule has 7 heteroatoms. The molecule has 3 N–H and O–H groups in total. The Morgan fingerprint density at radius 2 is 1.86 bits per heavy atom. The Morgan fingerprint density at radius 3 is 2.43 bits per heavy atom. The monoisotopic (exact) mass is 290 g/mol. The zero-order chi connectivity index (χ0) is 15.4. The molecular weight excluding hydrogens is 276 g/mol. The minimum absolute atomic E-state index is 0.131. The average Bonchev–Trinajstić information content (AvgIpc) is 2.42. The Morgan fingerprint density at radius 1 is 1.19 bits per heavy atom. The molecule has 21 heavy (non-hydrogen) atoms. The van der Waals surface area contributed by atoms with Crippen LogP contribution < -0.4 is 15.4 Å². The summed E-state index contributed by atoms with van der Waals surface area (Å²) in [6, 6.07) is 3.66. The van der Waals surface area contributed by atoms with Crippen LogP contribution in [0.2, 0.25) is 0 Å². The second kappa shape index (κ2) is 6.08. The van der Waals surface area contributed by atoms with Crippen LogP contribution >= 0.6 is 0 Å². The third-order valence-corrected chi connectivity index (χ3v) is 2.72. The Labute approximate surface area is 120 Å². The number of nitrogens with one attached hydrogen (secondary N) is 2. The molecule has 1 fully saturated rings. The topological polar surface area (TPSA) is 105 Å². The fraction of sp³-hybridized carbons (Fsp3) is 0.214. The summed E-state index contributed by atoms with van der Waals surface area (Å²) >= 11 is 0. The van der Waals surface area contributed by atoms with Gasteiger partial charge in [-0.05, 0) is 24.6 Å². The highest BCUT2D eigenvalue weighted by Gasteiger charge is 2.27. The quantitative estimate of drug-likeness (QED) is 0.565. The van der Waals surface area contributed by atoms with Crippen molar-refractivity contribution in [1.82, 2.24) is 10.6 Å². The molecule has 7 nitrogen and oxygen atoms in total. The first kappa shape index (κ1) is 14.6. The Hall–Kier alpha value is -2.83. The smallest absolute Gasteiger partial charge is 0.328 e. The number of amides is 4. The number of carbonyl (C=O) groups is 3. The average molecular weight is 290 g/mol. The number of phenols is 1. The number of ether oxygens (including phenoxy) is 1. The van der Waals surface area contributed by atoms with Crippen molar-refractivity contribution in [2.75, 3.05) is 6.61 Å². The van der Waals surface area contributed by atoms with Crippen molar-refractivity contribution in [1.29, 1.82) is 0 Å². The zero-order valence-electron chi connectivity index (χ0n) is 11.3. The summed E-state index contributed by atoms with van der Waals surface area (Å²) in [5.74, 6) is -1.26. The third kappa shape index (κ3) is 3.38. The molecule has 1 aliphatic rings. The van der Waals surface area contributed by atoms with Gasteiger partial charge in [0.05, 0.1) is 6.61 Å². The van der Waals surface area contributed by atoms with Gasteiger partial charge in [0.2, 0.25) is 0 Å². The lowest BCUT2D eigenvalue weighted by atomic mass is 10.1. The number of hydrogen-bond acceptors (Lipinski definition) is 5. The molecule has 4 amide bonds. The summed E-state index contributed by atoms with van der Waals surface area (Å²) in [5.41, 5.74) is 0.0145. The van der Waals surface area contributed by atoms with Gasteiger partial charge >= 0.3 is 6.03 Å². The number of phenolic OH excluding ortho intramolecular Hbond substituents is 1. The summed E-state index contributed by atoms with van der Waals surface area (Å²) in [6.45, 7) is 2.48. The third-order valence-electron chi connectivity index (χ3n) is 2.72. The molecular formula is C14H14N2O5. The number of hydrogen-bond donors (Lipinski definition) is 3. The van der Waals surface area contributed by atoms with E-state index < -0.39 is 17.8 Å². The van der Waals surface area contributed by atoms with E-state index in [1.165, 1.54) is 18.2 Å². The maximum absolute atomic E-state index is 11.6. The lowest BCUT2D eigenvalue weighted by Crippen LogP contribution is -2.51. The number of barbiturate groups is 1. The highest BCUT2D eigenvalue weighted by Crippen LogP contribution is 2.26. The molecule has 1 heterocycles. The molecule has 1 aromatic carbocycles. The largest absolute Gasteiger partial charge is 0.507 e. The fourth-order valence-corrected chi connectivity index (χ4v) is 1.72. The van der Waals surface area contributed by atoms with Crippen LogP contribution in [0.3, 0.4) is 0 Å². The van der Waals surface area contributed by atoms with E-state index in [0.717, 1.165) is 6.42 Å². The molecule has 0 aliphatic carbocycles. The van der Waals surface area contributed by atoms with Crippen LogP contribution in [0.1, 0.15) is 18.9 Å². The van der Waals surface area contributed by atoms with Gasteiger partial charge in [-0.3, -0.25) is 20.2 Å². The van der Waals surface area contributed by atoms with E-state index in [4.69, 9.17) is 4.74 Å². The molecule has 0 atom stereocenters. The van der Waals surface area contributed by atoms with Crippen molar-refractivity contribution >= 4 is 23.9 Å². The Kier molecular flexibility index (Phi) is 4.22. The van der Waals surface area contributed by atoms with Crippen LogP contribution in [-0.2, 0) is 9.59 Å². The van der Waals surface area contributed by atoms with E-state index in [1.807, 2.05) is 17.6 Å². The highest BCUT2D eigenvalue weighted by atomic mass is 16.5. The van der Waals surface area contributed by atoms with Crippen molar-refractivity contribution in [3.8, 4) is 11.5 Å². The molecule has 0 aromatic heterocycles. The predicted molar refractivity (Wildman–Crippen MR) is 73.6 cm³/mol. The van der Waals surface area contributed by atoms with Crippen LogP contribution in [0.15, 0.2) is 23.8 Å². The van der Waals surface area contributed by atoms with Crippen LogP contribution in [0, 0.1) is 0 Å². The molecule has 1 aliphatic heterocycles. The Bertz CT molecular complexity index is 614. The lowest BCUT2D eigenvalue weighted by molar-refractivity contribution is -0.123. The molecule has 0 radical (unpaired) electrons. The van der Waals surface area contributed by atoms with E-state index >= 15 is 0 Å². The van der Waals surface area contributed by atoms with Gasteiger partial charge < -0.3 is 9.84 Å². The van der Waals surface area contributed by atoms with Gasteiger partial charge in [0, 0.05) is 11.6 Å². The van der Waals surface area contributed by atoms with Crippen LogP contribution in [-0.4, -0.2) is 29.6 Å². The number of urea groups is 1. The second-order valence-electron chi connectivity index (χ2n) is 4.36.